The summed E-state index contributed by atoms with van der Waals surface area (Å²) < 4.78 is 0. The van der Waals surface area contributed by atoms with E-state index in [1.807, 2.05) is 6.92 Å². The lowest BCUT2D eigenvalue weighted by Gasteiger charge is -2.39. The Morgan fingerprint density at radius 2 is 1.47 bits per heavy atom. The minimum Gasteiger partial charge on any atom is -0.338 e. The van der Waals surface area contributed by atoms with Crippen LogP contribution in [0.5, 0.6) is 0 Å². The molecule has 1 aliphatic heterocycles. The van der Waals surface area contributed by atoms with E-state index >= 15 is 0 Å². The van der Waals surface area contributed by atoms with Gasteiger partial charge in [-0.3, -0.25) is 19.2 Å². The van der Waals surface area contributed by atoms with E-state index in [2.05, 4.69) is 0 Å². The molecule has 0 spiro atoms. The first-order chi connectivity index (χ1) is 8.81. The fraction of sp³-hybridized carbons (Fsp3) is 0.692. The zero-order chi connectivity index (χ0) is 14.6. The lowest BCUT2D eigenvalue weighted by Crippen LogP contribution is -2.55. The monoisotopic (exact) mass is 268 g/mol. The smallest absolute Gasteiger partial charge is 0.230 e. The van der Waals surface area contributed by atoms with Crippen molar-refractivity contribution in [3.05, 3.63) is 0 Å². The Morgan fingerprint density at radius 3 is 1.95 bits per heavy atom. The number of rotatable bonds is 4. The Balaban J connectivity index is 2.56. The van der Waals surface area contributed by atoms with Gasteiger partial charge in [-0.2, -0.15) is 0 Å². The Bertz CT molecular complexity index is 405. The summed E-state index contributed by atoms with van der Waals surface area (Å²) in [6, 6.07) is -0.128. The highest BCUT2D eigenvalue weighted by Gasteiger charge is 2.30. The fourth-order valence-electron chi connectivity index (χ4n) is 2.19. The Labute approximate surface area is 112 Å². The van der Waals surface area contributed by atoms with Crippen LogP contribution < -0.4 is 0 Å². The second kappa shape index (κ2) is 6.45. The third kappa shape index (κ3) is 4.46. The molecule has 0 saturated carbocycles. The summed E-state index contributed by atoms with van der Waals surface area (Å²) in [5.74, 6) is -0.711. The van der Waals surface area contributed by atoms with E-state index in [1.54, 1.807) is 9.80 Å². The van der Waals surface area contributed by atoms with Gasteiger partial charge in [-0.05, 0) is 20.8 Å². The van der Waals surface area contributed by atoms with Crippen LogP contribution in [0.2, 0.25) is 0 Å². The molecular weight excluding hydrogens is 248 g/mol. The minimum atomic E-state index is -0.196. The number of hydrogen-bond acceptors (Lipinski definition) is 4. The van der Waals surface area contributed by atoms with Gasteiger partial charge in [-0.15, -0.1) is 0 Å². The largest absolute Gasteiger partial charge is 0.338 e. The average molecular weight is 268 g/mol. The molecule has 0 unspecified atom stereocenters. The second-order valence-electron chi connectivity index (χ2n) is 5.03. The summed E-state index contributed by atoms with van der Waals surface area (Å²) in [6.45, 7) is 5.85. The molecule has 0 bridgehead atoms. The molecule has 1 fully saturated rings. The van der Waals surface area contributed by atoms with Gasteiger partial charge in [-0.25, -0.2) is 0 Å². The van der Waals surface area contributed by atoms with E-state index in [-0.39, 0.29) is 42.3 Å². The maximum atomic E-state index is 11.8. The second-order valence-corrected chi connectivity index (χ2v) is 5.03. The molecule has 1 heterocycles. The number of amides is 2. The van der Waals surface area contributed by atoms with Crippen LogP contribution in [0.1, 0.15) is 33.6 Å². The third-order valence-electron chi connectivity index (χ3n) is 3.10. The molecule has 0 aromatic carbocycles. The molecule has 1 saturated heterocycles. The van der Waals surface area contributed by atoms with Gasteiger partial charge >= 0.3 is 0 Å². The standard InChI is InChI=1S/C13H20N2O4/c1-9-8-14(12(18)6-10(2)16)4-5-15(9)13(19)7-11(3)17/h9H,4-8H2,1-3H3/t9-/m0/s1. The van der Waals surface area contributed by atoms with Crippen molar-refractivity contribution in [1.29, 1.82) is 0 Å². The highest BCUT2D eigenvalue weighted by Crippen LogP contribution is 2.12. The predicted octanol–water partition coefficient (Wildman–Crippen LogP) is 0.00390. The summed E-state index contributed by atoms with van der Waals surface area (Å²) in [6.07, 6.45) is -0.181. The number of piperazine rings is 1. The molecule has 0 N–H and O–H groups in total. The molecule has 1 rings (SSSR count). The van der Waals surface area contributed by atoms with Crippen molar-refractivity contribution in [1.82, 2.24) is 9.80 Å². The summed E-state index contributed by atoms with van der Waals surface area (Å²) >= 11 is 0. The molecule has 6 nitrogen and oxygen atoms in total. The third-order valence-corrected chi connectivity index (χ3v) is 3.10. The number of carbonyl (C=O) groups excluding carboxylic acids is 4. The van der Waals surface area contributed by atoms with Gasteiger partial charge in [0, 0.05) is 25.7 Å². The van der Waals surface area contributed by atoms with Gasteiger partial charge in [0.15, 0.2) is 0 Å². The first-order valence-electron chi connectivity index (χ1n) is 6.37. The summed E-state index contributed by atoms with van der Waals surface area (Å²) in [5, 5.41) is 0. The molecule has 1 atom stereocenters. The zero-order valence-corrected chi connectivity index (χ0v) is 11.6. The highest BCUT2D eigenvalue weighted by atomic mass is 16.2. The molecule has 6 heteroatoms. The lowest BCUT2D eigenvalue weighted by molar-refractivity contribution is -0.145. The summed E-state index contributed by atoms with van der Waals surface area (Å²) in [4.78, 5) is 48.7. The zero-order valence-electron chi connectivity index (χ0n) is 11.6. The molecule has 1 aliphatic rings. The quantitative estimate of drug-likeness (QED) is 0.673. The molecule has 0 aliphatic carbocycles. The number of ketones is 2. The lowest BCUT2D eigenvalue weighted by atomic mass is 10.1. The van der Waals surface area contributed by atoms with Crippen LogP contribution in [0.15, 0.2) is 0 Å². The van der Waals surface area contributed by atoms with Crippen LogP contribution in [0.4, 0.5) is 0 Å². The van der Waals surface area contributed by atoms with Crippen LogP contribution in [-0.2, 0) is 19.2 Å². The predicted molar refractivity (Wildman–Crippen MR) is 68.4 cm³/mol. The van der Waals surface area contributed by atoms with Crippen molar-refractivity contribution in [3.63, 3.8) is 0 Å². The van der Waals surface area contributed by atoms with Crippen LogP contribution in [0.25, 0.3) is 0 Å². The average Bonchev–Trinajstić information content (AvgIpc) is 2.26. The van der Waals surface area contributed by atoms with Gasteiger partial charge < -0.3 is 9.80 Å². The van der Waals surface area contributed by atoms with E-state index in [9.17, 15) is 19.2 Å². The maximum Gasteiger partial charge on any atom is 0.230 e. The van der Waals surface area contributed by atoms with Crippen molar-refractivity contribution < 1.29 is 19.2 Å². The first kappa shape index (κ1) is 15.3. The van der Waals surface area contributed by atoms with Gasteiger partial charge in [0.2, 0.25) is 11.8 Å². The van der Waals surface area contributed by atoms with Crippen molar-refractivity contribution >= 4 is 23.4 Å². The highest BCUT2D eigenvalue weighted by molar-refractivity contribution is 5.98. The van der Waals surface area contributed by atoms with Crippen LogP contribution >= 0.6 is 0 Å². The SMILES string of the molecule is CC(=O)CC(=O)N1CCN(C(=O)CC(C)=O)[C@@H](C)C1. The van der Waals surface area contributed by atoms with E-state index in [0.717, 1.165) is 0 Å². The van der Waals surface area contributed by atoms with Crippen molar-refractivity contribution in [2.45, 2.75) is 39.7 Å². The van der Waals surface area contributed by atoms with Crippen LogP contribution in [0, 0.1) is 0 Å². The number of hydrogen-bond donors (Lipinski definition) is 0. The molecule has 19 heavy (non-hydrogen) atoms. The Morgan fingerprint density at radius 1 is 0.947 bits per heavy atom. The summed E-state index contributed by atoms with van der Waals surface area (Å²) in [5.41, 5.74) is 0. The number of carbonyl (C=O) groups is 4. The van der Waals surface area contributed by atoms with E-state index in [4.69, 9.17) is 0 Å². The van der Waals surface area contributed by atoms with E-state index < -0.39 is 0 Å². The van der Waals surface area contributed by atoms with Gasteiger partial charge in [-0.1, -0.05) is 0 Å². The Kier molecular flexibility index (Phi) is 5.20. The fourth-order valence-corrected chi connectivity index (χ4v) is 2.19. The normalized spacial score (nSPS) is 19.2. The molecule has 0 aromatic rings. The van der Waals surface area contributed by atoms with Crippen molar-refractivity contribution in [2.75, 3.05) is 19.6 Å². The topological polar surface area (TPSA) is 74.8 Å². The van der Waals surface area contributed by atoms with E-state index in [1.165, 1.54) is 13.8 Å². The maximum absolute atomic E-state index is 11.8. The molecular formula is C13H20N2O4. The number of nitrogens with zero attached hydrogens (tertiary/aromatic N) is 2. The van der Waals surface area contributed by atoms with Gasteiger partial charge in [0.1, 0.15) is 11.6 Å². The molecule has 0 aromatic heterocycles. The molecule has 106 valence electrons. The number of Topliss-reactive ketones (excluding diaryl/α,β-unsaturated/α-hetero) is 2. The first-order valence-corrected chi connectivity index (χ1v) is 6.37. The summed E-state index contributed by atoms with van der Waals surface area (Å²) in [7, 11) is 0. The van der Waals surface area contributed by atoms with Crippen LogP contribution in [-0.4, -0.2) is 58.9 Å². The molecule has 2 amide bonds. The molecule has 0 radical (unpaired) electrons. The van der Waals surface area contributed by atoms with Gasteiger partial charge in [0.25, 0.3) is 0 Å². The van der Waals surface area contributed by atoms with Crippen molar-refractivity contribution in [3.8, 4) is 0 Å². The Hall–Kier alpha value is -1.72. The minimum absolute atomic E-state index is 0.0892. The van der Waals surface area contributed by atoms with Crippen LogP contribution in [0.3, 0.4) is 0 Å². The van der Waals surface area contributed by atoms with E-state index in [0.29, 0.717) is 19.6 Å². The van der Waals surface area contributed by atoms with Crippen molar-refractivity contribution in [2.24, 2.45) is 0 Å². The van der Waals surface area contributed by atoms with Gasteiger partial charge in [0.05, 0.1) is 12.8 Å².